The molecule has 1 fully saturated rings. The minimum atomic E-state index is -0.402. The van der Waals surface area contributed by atoms with Crippen molar-refractivity contribution in [3.05, 3.63) is 23.9 Å². The lowest BCUT2D eigenvalue weighted by Gasteiger charge is -2.34. The molecule has 0 aromatic carbocycles. The van der Waals surface area contributed by atoms with E-state index >= 15 is 0 Å². The lowest BCUT2D eigenvalue weighted by molar-refractivity contribution is -0.127. The number of amides is 2. The van der Waals surface area contributed by atoms with Gasteiger partial charge in [-0.3, -0.25) is 9.59 Å². The van der Waals surface area contributed by atoms with Crippen molar-refractivity contribution in [1.29, 1.82) is 0 Å². The fraction of sp³-hybridized carbons (Fsp3) is 0.500. The van der Waals surface area contributed by atoms with Gasteiger partial charge in [0, 0.05) is 19.6 Å². The summed E-state index contributed by atoms with van der Waals surface area (Å²) < 4.78 is 0. The maximum absolute atomic E-state index is 12.5. The number of hydrogen-bond acceptors (Lipinski definition) is 4. The Morgan fingerprint density at radius 3 is 3.00 bits per heavy atom. The van der Waals surface area contributed by atoms with E-state index in [1.807, 2.05) is 19.9 Å². The van der Waals surface area contributed by atoms with Crippen LogP contribution in [0.5, 0.6) is 0 Å². The van der Waals surface area contributed by atoms with Gasteiger partial charge in [-0.25, -0.2) is 4.98 Å². The van der Waals surface area contributed by atoms with Crippen LogP contribution in [-0.2, 0) is 4.79 Å². The Morgan fingerprint density at radius 2 is 2.30 bits per heavy atom. The Bertz CT molecular complexity index is 504. The number of rotatable bonds is 4. The molecule has 1 atom stereocenters. The van der Waals surface area contributed by atoms with Gasteiger partial charge in [-0.1, -0.05) is 13.0 Å². The standard InChI is InChI=1S/C14H20N4O2/c1-3-11-13(19)16-8-9-18(11)14(20)10-6-5-7-12(17-10)15-4-2/h5-7,11H,3-4,8-9H2,1-2H3,(H,15,17)(H,16,19). The molecule has 0 spiro atoms. The minimum absolute atomic E-state index is 0.0880. The van der Waals surface area contributed by atoms with E-state index in [9.17, 15) is 9.59 Å². The first kappa shape index (κ1) is 14.3. The van der Waals surface area contributed by atoms with Crippen LogP contribution >= 0.6 is 0 Å². The minimum Gasteiger partial charge on any atom is -0.370 e. The van der Waals surface area contributed by atoms with Crippen molar-refractivity contribution in [2.75, 3.05) is 25.0 Å². The molecular weight excluding hydrogens is 256 g/mol. The van der Waals surface area contributed by atoms with Gasteiger partial charge in [0.15, 0.2) is 0 Å². The predicted molar refractivity (Wildman–Crippen MR) is 76.5 cm³/mol. The summed E-state index contributed by atoms with van der Waals surface area (Å²) in [7, 11) is 0. The second kappa shape index (κ2) is 6.36. The lowest BCUT2D eigenvalue weighted by Crippen LogP contribution is -2.57. The number of carbonyl (C=O) groups excluding carboxylic acids is 2. The molecule has 1 saturated heterocycles. The molecule has 0 saturated carbocycles. The molecule has 6 nitrogen and oxygen atoms in total. The third-order valence-electron chi connectivity index (χ3n) is 3.30. The molecule has 6 heteroatoms. The summed E-state index contributed by atoms with van der Waals surface area (Å²) in [5.41, 5.74) is 0.372. The highest BCUT2D eigenvalue weighted by molar-refractivity contribution is 5.97. The molecule has 0 radical (unpaired) electrons. The van der Waals surface area contributed by atoms with E-state index in [2.05, 4.69) is 15.6 Å². The highest BCUT2D eigenvalue weighted by Crippen LogP contribution is 2.14. The smallest absolute Gasteiger partial charge is 0.273 e. The fourth-order valence-corrected chi connectivity index (χ4v) is 2.34. The van der Waals surface area contributed by atoms with Gasteiger partial charge in [0.05, 0.1) is 0 Å². The van der Waals surface area contributed by atoms with Gasteiger partial charge < -0.3 is 15.5 Å². The highest BCUT2D eigenvalue weighted by atomic mass is 16.2. The largest absolute Gasteiger partial charge is 0.370 e. The molecule has 1 unspecified atom stereocenters. The second-order valence-electron chi connectivity index (χ2n) is 4.65. The Kier molecular flexibility index (Phi) is 4.55. The van der Waals surface area contributed by atoms with E-state index in [0.29, 0.717) is 31.0 Å². The predicted octanol–water partition coefficient (Wildman–Crippen LogP) is 0.864. The van der Waals surface area contributed by atoms with Gasteiger partial charge in [-0.2, -0.15) is 0 Å². The number of nitrogens with zero attached hydrogens (tertiary/aromatic N) is 2. The average Bonchev–Trinajstić information content (AvgIpc) is 2.47. The first-order valence-electron chi connectivity index (χ1n) is 6.97. The Morgan fingerprint density at radius 1 is 1.50 bits per heavy atom. The normalized spacial score (nSPS) is 18.6. The van der Waals surface area contributed by atoms with Gasteiger partial charge in [-0.15, -0.1) is 0 Å². The third-order valence-corrected chi connectivity index (χ3v) is 3.30. The molecule has 1 aromatic heterocycles. The number of anilines is 1. The van der Waals surface area contributed by atoms with Gasteiger partial charge in [0.25, 0.3) is 5.91 Å². The fourth-order valence-electron chi connectivity index (χ4n) is 2.34. The van der Waals surface area contributed by atoms with E-state index in [4.69, 9.17) is 0 Å². The first-order chi connectivity index (χ1) is 9.67. The molecular formula is C14H20N4O2. The molecule has 2 heterocycles. The molecule has 20 heavy (non-hydrogen) atoms. The second-order valence-corrected chi connectivity index (χ2v) is 4.65. The molecule has 2 amide bonds. The van der Waals surface area contributed by atoms with Crippen LogP contribution in [0.25, 0.3) is 0 Å². The van der Waals surface area contributed by atoms with Crippen molar-refractivity contribution in [1.82, 2.24) is 15.2 Å². The van der Waals surface area contributed by atoms with Crippen LogP contribution in [0.2, 0.25) is 0 Å². The van der Waals surface area contributed by atoms with Crippen LogP contribution in [0.3, 0.4) is 0 Å². The van der Waals surface area contributed by atoms with Crippen LogP contribution < -0.4 is 10.6 Å². The Hall–Kier alpha value is -2.11. The van der Waals surface area contributed by atoms with E-state index in [0.717, 1.165) is 6.54 Å². The maximum Gasteiger partial charge on any atom is 0.273 e. The van der Waals surface area contributed by atoms with E-state index < -0.39 is 6.04 Å². The van der Waals surface area contributed by atoms with E-state index in [1.54, 1.807) is 17.0 Å². The van der Waals surface area contributed by atoms with Crippen molar-refractivity contribution in [2.45, 2.75) is 26.3 Å². The number of aromatic nitrogens is 1. The van der Waals surface area contributed by atoms with Crippen molar-refractivity contribution in [2.24, 2.45) is 0 Å². The quantitative estimate of drug-likeness (QED) is 0.855. The van der Waals surface area contributed by atoms with E-state index in [-0.39, 0.29) is 11.8 Å². The summed E-state index contributed by atoms with van der Waals surface area (Å²) in [6, 6.07) is 4.90. The number of hydrogen-bond donors (Lipinski definition) is 2. The summed E-state index contributed by atoms with van der Waals surface area (Å²) in [5.74, 6) is 0.397. The first-order valence-corrected chi connectivity index (χ1v) is 6.97. The molecule has 2 N–H and O–H groups in total. The van der Waals surface area contributed by atoms with Gasteiger partial charge in [-0.05, 0) is 25.5 Å². The monoisotopic (exact) mass is 276 g/mol. The molecule has 108 valence electrons. The van der Waals surface area contributed by atoms with E-state index in [1.165, 1.54) is 0 Å². The van der Waals surface area contributed by atoms with Crippen LogP contribution in [0.4, 0.5) is 5.82 Å². The van der Waals surface area contributed by atoms with Gasteiger partial charge in [0.2, 0.25) is 5.91 Å². The van der Waals surface area contributed by atoms with Gasteiger partial charge >= 0.3 is 0 Å². The summed E-state index contributed by atoms with van der Waals surface area (Å²) >= 11 is 0. The van der Waals surface area contributed by atoms with Crippen molar-refractivity contribution >= 4 is 17.6 Å². The molecule has 1 aromatic rings. The summed E-state index contributed by atoms with van der Waals surface area (Å²) in [5, 5.41) is 5.86. The molecule has 0 bridgehead atoms. The van der Waals surface area contributed by atoms with Crippen molar-refractivity contribution in [3.63, 3.8) is 0 Å². The highest BCUT2D eigenvalue weighted by Gasteiger charge is 2.32. The zero-order valence-electron chi connectivity index (χ0n) is 11.8. The number of pyridine rings is 1. The van der Waals surface area contributed by atoms with Gasteiger partial charge in [0.1, 0.15) is 17.6 Å². The molecule has 2 rings (SSSR count). The lowest BCUT2D eigenvalue weighted by atomic mass is 10.1. The van der Waals surface area contributed by atoms with Crippen molar-refractivity contribution in [3.8, 4) is 0 Å². The summed E-state index contributed by atoms with van der Waals surface area (Å²) in [4.78, 5) is 30.2. The number of piperazine rings is 1. The molecule has 0 aliphatic carbocycles. The average molecular weight is 276 g/mol. The maximum atomic E-state index is 12.5. The molecule has 1 aliphatic rings. The van der Waals surface area contributed by atoms with Crippen LogP contribution in [0, 0.1) is 0 Å². The Balaban J connectivity index is 2.21. The van der Waals surface area contributed by atoms with Crippen LogP contribution in [0.15, 0.2) is 18.2 Å². The third kappa shape index (κ3) is 2.89. The zero-order chi connectivity index (χ0) is 14.5. The van der Waals surface area contributed by atoms with Crippen LogP contribution in [-0.4, -0.2) is 47.4 Å². The van der Waals surface area contributed by atoms with Crippen molar-refractivity contribution < 1.29 is 9.59 Å². The number of carbonyl (C=O) groups is 2. The number of nitrogens with one attached hydrogen (secondary N) is 2. The SMILES string of the molecule is CCNc1cccc(C(=O)N2CCNC(=O)C2CC)n1. The van der Waals surface area contributed by atoms with Crippen LogP contribution in [0.1, 0.15) is 30.8 Å². The summed E-state index contributed by atoms with van der Waals surface area (Å²) in [6.07, 6.45) is 0.602. The molecule has 1 aliphatic heterocycles. The Labute approximate surface area is 118 Å². The topological polar surface area (TPSA) is 74.3 Å². The zero-order valence-corrected chi connectivity index (χ0v) is 11.8. The summed E-state index contributed by atoms with van der Waals surface area (Å²) in [6.45, 7) is 5.63.